The molecule has 28 heavy (non-hydrogen) atoms. The number of rotatable bonds is 5. The van der Waals surface area contributed by atoms with Gasteiger partial charge in [0.15, 0.2) is 5.13 Å². The Kier molecular flexibility index (Phi) is 4.86. The molecule has 1 N–H and O–H groups in total. The van der Waals surface area contributed by atoms with Crippen molar-refractivity contribution in [3.63, 3.8) is 0 Å². The second-order valence-electron chi connectivity index (χ2n) is 7.47. The van der Waals surface area contributed by atoms with Gasteiger partial charge in [-0.2, -0.15) is 0 Å². The molecule has 2 fully saturated rings. The summed E-state index contributed by atoms with van der Waals surface area (Å²) in [5.41, 5.74) is 1.91. The third kappa shape index (κ3) is 3.69. The van der Waals surface area contributed by atoms with E-state index in [-0.39, 0.29) is 17.8 Å². The Morgan fingerprint density at radius 3 is 2.82 bits per heavy atom. The lowest BCUT2D eigenvalue weighted by Gasteiger charge is -2.36. The van der Waals surface area contributed by atoms with Crippen LogP contribution in [0.1, 0.15) is 37.2 Å². The molecule has 0 atom stereocenters. The molecule has 1 saturated carbocycles. The standard InChI is InChI=1S/C21H22FN3O2S/c22-14-9-17(13-5-7-26-8-6-13)20(23-12-14)27-16-10-15(11-16)24-21-25-18-3-1-2-4-19(18)28-21/h1-4,9,12-13,15-16H,5-8,10-11H2,(H,24,25)/t15-,16-. The second kappa shape index (κ2) is 7.64. The number of aromatic nitrogens is 2. The Balaban J connectivity index is 1.21. The van der Waals surface area contributed by atoms with Crippen LogP contribution in [0, 0.1) is 5.82 Å². The molecule has 0 spiro atoms. The molecule has 0 bridgehead atoms. The van der Waals surface area contributed by atoms with E-state index in [1.165, 1.54) is 10.9 Å². The van der Waals surface area contributed by atoms with Gasteiger partial charge in [-0.1, -0.05) is 23.5 Å². The highest BCUT2D eigenvalue weighted by molar-refractivity contribution is 7.22. The summed E-state index contributed by atoms with van der Waals surface area (Å²) in [5.74, 6) is 0.526. The van der Waals surface area contributed by atoms with E-state index in [2.05, 4.69) is 21.4 Å². The summed E-state index contributed by atoms with van der Waals surface area (Å²) in [6.45, 7) is 1.41. The highest BCUT2D eigenvalue weighted by Crippen LogP contribution is 2.36. The van der Waals surface area contributed by atoms with E-state index in [9.17, 15) is 4.39 Å². The van der Waals surface area contributed by atoms with E-state index in [1.54, 1.807) is 17.4 Å². The van der Waals surface area contributed by atoms with Crippen molar-refractivity contribution < 1.29 is 13.9 Å². The number of nitrogens with one attached hydrogen (secondary N) is 1. The molecule has 146 valence electrons. The summed E-state index contributed by atoms with van der Waals surface area (Å²) in [4.78, 5) is 8.87. The predicted octanol–water partition coefficient (Wildman–Crippen LogP) is 4.75. The summed E-state index contributed by atoms with van der Waals surface area (Å²) < 4.78 is 26.5. The monoisotopic (exact) mass is 399 g/mol. The van der Waals surface area contributed by atoms with Gasteiger partial charge in [0.25, 0.3) is 0 Å². The fraction of sp³-hybridized carbons (Fsp3) is 0.429. The van der Waals surface area contributed by atoms with Gasteiger partial charge in [-0.05, 0) is 37.0 Å². The minimum atomic E-state index is -0.308. The minimum absolute atomic E-state index is 0.100. The number of hydrogen-bond acceptors (Lipinski definition) is 6. The maximum Gasteiger partial charge on any atom is 0.217 e. The SMILES string of the molecule is Fc1cnc(O[C@H]2C[C@H](Nc3nc4ccccc4s3)C2)c(C2CCOCC2)c1. The lowest BCUT2D eigenvalue weighted by atomic mass is 9.89. The molecular weight excluding hydrogens is 377 g/mol. The van der Waals surface area contributed by atoms with Crippen LogP contribution < -0.4 is 10.1 Å². The summed E-state index contributed by atoms with van der Waals surface area (Å²) in [6, 6.07) is 10.1. The molecule has 5 rings (SSSR count). The highest BCUT2D eigenvalue weighted by Gasteiger charge is 2.33. The number of hydrogen-bond donors (Lipinski definition) is 1. The number of ether oxygens (including phenoxy) is 2. The summed E-state index contributed by atoms with van der Waals surface area (Å²) in [5, 5.41) is 4.45. The molecular formula is C21H22FN3O2S. The zero-order chi connectivity index (χ0) is 18.9. The number of para-hydroxylation sites is 1. The van der Waals surface area contributed by atoms with Crippen molar-refractivity contribution in [3.8, 4) is 5.88 Å². The Morgan fingerprint density at radius 1 is 1.18 bits per heavy atom. The summed E-state index contributed by atoms with van der Waals surface area (Å²) in [6.07, 6.45) is 4.89. The van der Waals surface area contributed by atoms with E-state index in [0.29, 0.717) is 25.1 Å². The molecule has 0 radical (unpaired) electrons. The zero-order valence-electron chi connectivity index (χ0n) is 15.4. The number of thiazole rings is 1. The molecule has 3 heterocycles. The number of fused-ring (bicyclic) bond motifs is 1. The van der Waals surface area contributed by atoms with Crippen LogP contribution in [0.25, 0.3) is 10.2 Å². The molecule has 2 aliphatic rings. The molecule has 1 aliphatic carbocycles. The minimum Gasteiger partial charge on any atom is -0.474 e. The molecule has 1 saturated heterocycles. The number of halogens is 1. The van der Waals surface area contributed by atoms with Crippen LogP contribution in [0.15, 0.2) is 36.5 Å². The number of benzene rings is 1. The molecule has 1 aliphatic heterocycles. The maximum absolute atomic E-state index is 13.8. The number of pyridine rings is 1. The van der Waals surface area contributed by atoms with E-state index in [4.69, 9.17) is 9.47 Å². The van der Waals surface area contributed by atoms with Gasteiger partial charge in [0, 0.05) is 37.7 Å². The Hall–Kier alpha value is -2.25. The van der Waals surface area contributed by atoms with Crippen LogP contribution >= 0.6 is 11.3 Å². The zero-order valence-corrected chi connectivity index (χ0v) is 16.3. The van der Waals surface area contributed by atoms with E-state index in [1.807, 2.05) is 18.2 Å². The van der Waals surface area contributed by atoms with Gasteiger partial charge in [0.1, 0.15) is 11.9 Å². The Bertz CT molecular complexity index is 934. The van der Waals surface area contributed by atoms with Gasteiger partial charge in [-0.3, -0.25) is 0 Å². The molecule has 0 unspecified atom stereocenters. The molecule has 5 nitrogen and oxygen atoms in total. The number of nitrogens with zero attached hydrogens (tertiary/aromatic N) is 2. The second-order valence-corrected chi connectivity index (χ2v) is 8.50. The molecule has 2 aromatic heterocycles. The Labute approximate surface area is 166 Å². The fourth-order valence-electron chi connectivity index (χ4n) is 3.89. The number of anilines is 1. The van der Waals surface area contributed by atoms with E-state index in [0.717, 1.165) is 41.9 Å². The van der Waals surface area contributed by atoms with E-state index < -0.39 is 0 Å². The van der Waals surface area contributed by atoms with Crippen molar-refractivity contribution in [2.24, 2.45) is 0 Å². The van der Waals surface area contributed by atoms with Crippen molar-refractivity contribution in [1.82, 2.24) is 9.97 Å². The first-order valence-corrected chi connectivity index (χ1v) is 10.6. The largest absolute Gasteiger partial charge is 0.474 e. The Morgan fingerprint density at radius 2 is 2.00 bits per heavy atom. The van der Waals surface area contributed by atoms with Crippen molar-refractivity contribution in [2.45, 2.75) is 43.7 Å². The van der Waals surface area contributed by atoms with Crippen LogP contribution in [-0.4, -0.2) is 35.3 Å². The van der Waals surface area contributed by atoms with Crippen LogP contribution in [0.5, 0.6) is 5.88 Å². The molecule has 3 aromatic rings. The molecule has 0 amide bonds. The lowest BCUT2D eigenvalue weighted by Crippen LogP contribution is -2.42. The predicted molar refractivity (Wildman–Crippen MR) is 108 cm³/mol. The van der Waals surface area contributed by atoms with Gasteiger partial charge in [0.2, 0.25) is 5.88 Å². The van der Waals surface area contributed by atoms with Crippen LogP contribution in [0.3, 0.4) is 0 Å². The smallest absolute Gasteiger partial charge is 0.217 e. The summed E-state index contributed by atoms with van der Waals surface area (Å²) in [7, 11) is 0. The first-order chi connectivity index (χ1) is 13.7. The third-order valence-electron chi connectivity index (χ3n) is 5.50. The van der Waals surface area contributed by atoms with Gasteiger partial charge < -0.3 is 14.8 Å². The third-order valence-corrected chi connectivity index (χ3v) is 6.47. The van der Waals surface area contributed by atoms with Crippen molar-refractivity contribution >= 4 is 26.7 Å². The van der Waals surface area contributed by atoms with Crippen LogP contribution in [-0.2, 0) is 4.74 Å². The first-order valence-electron chi connectivity index (χ1n) is 9.76. The van der Waals surface area contributed by atoms with Gasteiger partial charge in [-0.25, -0.2) is 14.4 Å². The van der Waals surface area contributed by atoms with Gasteiger partial charge in [0.05, 0.1) is 16.4 Å². The van der Waals surface area contributed by atoms with Crippen LogP contribution in [0.2, 0.25) is 0 Å². The first kappa shape index (κ1) is 17.8. The molecule has 1 aromatic carbocycles. The average molecular weight is 399 g/mol. The highest BCUT2D eigenvalue weighted by atomic mass is 32.1. The topological polar surface area (TPSA) is 56.3 Å². The lowest BCUT2D eigenvalue weighted by molar-refractivity contribution is 0.0792. The fourth-order valence-corrected chi connectivity index (χ4v) is 4.83. The van der Waals surface area contributed by atoms with Crippen molar-refractivity contribution in [2.75, 3.05) is 18.5 Å². The van der Waals surface area contributed by atoms with Crippen LogP contribution in [0.4, 0.5) is 9.52 Å². The molecule has 7 heteroatoms. The van der Waals surface area contributed by atoms with Crippen molar-refractivity contribution in [3.05, 3.63) is 47.9 Å². The normalized spacial score (nSPS) is 22.8. The van der Waals surface area contributed by atoms with Gasteiger partial charge in [-0.15, -0.1) is 0 Å². The summed E-state index contributed by atoms with van der Waals surface area (Å²) >= 11 is 1.67. The average Bonchev–Trinajstić information content (AvgIpc) is 3.10. The van der Waals surface area contributed by atoms with E-state index >= 15 is 0 Å². The van der Waals surface area contributed by atoms with Crippen molar-refractivity contribution in [1.29, 1.82) is 0 Å². The quantitative estimate of drug-likeness (QED) is 0.671. The maximum atomic E-state index is 13.8. The van der Waals surface area contributed by atoms with Gasteiger partial charge >= 0.3 is 0 Å².